The van der Waals surface area contributed by atoms with Crippen LogP contribution in [-0.2, 0) is 11.3 Å². The molecule has 1 N–H and O–H groups in total. The molecule has 130 valence electrons. The Morgan fingerprint density at radius 3 is 2.80 bits per heavy atom. The van der Waals surface area contributed by atoms with E-state index in [1.165, 1.54) is 12.3 Å². The molecule has 0 bridgehead atoms. The summed E-state index contributed by atoms with van der Waals surface area (Å²) >= 11 is 0. The maximum absolute atomic E-state index is 12.4. The standard InChI is InChI=1S/C17H19N5O3/c23-17(20-10-13-5-7-18-8-6-13)14-2-1-9-21(12-14)16-4-3-15(11-19-16)22(24)25/h3-8,11,14H,1-2,9-10,12H2,(H,20,23). The molecule has 0 aliphatic carbocycles. The van der Waals surface area contributed by atoms with Crippen LogP contribution in [0.4, 0.5) is 11.5 Å². The van der Waals surface area contributed by atoms with E-state index in [4.69, 9.17) is 0 Å². The quantitative estimate of drug-likeness (QED) is 0.658. The van der Waals surface area contributed by atoms with Gasteiger partial charge in [-0.05, 0) is 36.6 Å². The number of pyridine rings is 2. The highest BCUT2D eigenvalue weighted by molar-refractivity contribution is 5.79. The number of aromatic nitrogens is 2. The van der Waals surface area contributed by atoms with Crippen molar-refractivity contribution in [1.29, 1.82) is 0 Å². The van der Waals surface area contributed by atoms with Crippen LogP contribution in [0.25, 0.3) is 0 Å². The van der Waals surface area contributed by atoms with Crippen LogP contribution in [-0.4, -0.2) is 33.9 Å². The van der Waals surface area contributed by atoms with Gasteiger partial charge >= 0.3 is 0 Å². The van der Waals surface area contributed by atoms with E-state index < -0.39 is 4.92 Å². The lowest BCUT2D eigenvalue weighted by atomic mass is 9.97. The van der Waals surface area contributed by atoms with Crippen LogP contribution in [0.3, 0.4) is 0 Å². The van der Waals surface area contributed by atoms with E-state index in [9.17, 15) is 14.9 Å². The minimum atomic E-state index is -0.470. The zero-order valence-electron chi connectivity index (χ0n) is 13.7. The average molecular weight is 341 g/mol. The first-order valence-electron chi connectivity index (χ1n) is 8.15. The molecule has 1 aliphatic heterocycles. The minimum absolute atomic E-state index is 0.0171. The van der Waals surface area contributed by atoms with Gasteiger partial charge in [0.25, 0.3) is 5.69 Å². The Morgan fingerprint density at radius 2 is 2.12 bits per heavy atom. The molecule has 8 heteroatoms. The van der Waals surface area contributed by atoms with Crippen LogP contribution < -0.4 is 10.2 Å². The number of nitro groups is 1. The second kappa shape index (κ2) is 7.69. The summed E-state index contributed by atoms with van der Waals surface area (Å²) in [5.41, 5.74) is 0.973. The SMILES string of the molecule is O=C(NCc1ccncc1)C1CCCN(c2ccc([N+](=O)[O-])cn2)C1. The topological polar surface area (TPSA) is 101 Å². The van der Waals surface area contributed by atoms with Crippen LogP contribution in [0.15, 0.2) is 42.9 Å². The molecule has 3 rings (SSSR count). The van der Waals surface area contributed by atoms with E-state index in [1.807, 2.05) is 17.0 Å². The van der Waals surface area contributed by atoms with Gasteiger partial charge in [0.1, 0.15) is 12.0 Å². The largest absolute Gasteiger partial charge is 0.356 e. The molecule has 1 atom stereocenters. The number of nitrogens with zero attached hydrogens (tertiary/aromatic N) is 4. The molecule has 0 spiro atoms. The van der Waals surface area contributed by atoms with Gasteiger partial charge < -0.3 is 10.2 Å². The highest BCUT2D eigenvalue weighted by atomic mass is 16.6. The van der Waals surface area contributed by atoms with Crippen LogP contribution in [0.5, 0.6) is 0 Å². The lowest BCUT2D eigenvalue weighted by Crippen LogP contribution is -2.43. The molecule has 3 heterocycles. The van der Waals surface area contributed by atoms with Crippen molar-refractivity contribution in [2.45, 2.75) is 19.4 Å². The number of rotatable bonds is 5. The van der Waals surface area contributed by atoms with Crippen molar-refractivity contribution in [3.8, 4) is 0 Å². The van der Waals surface area contributed by atoms with Gasteiger partial charge in [0.15, 0.2) is 0 Å². The van der Waals surface area contributed by atoms with Gasteiger partial charge in [0.2, 0.25) is 5.91 Å². The monoisotopic (exact) mass is 341 g/mol. The van der Waals surface area contributed by atoms with Gasteiger partial charge in [-0.1, -0.05) is 0 Å². The number of carbonyl (C=O) groups is 1. The number of nitrogens with one attached hydrogen (secondary N) is 1. The molecule has 8 nitrogen and oxygen atoms in total. The molecule has 0 aromatic carbocycles. The van der Waals surface area contributed by atoms with Gasteiger partial charge in [-0.25, -0.2) is 4.98 Å². The van der Waals surface area contributed by atoms with Gasteiger partial charge in [0, 0.05) is 38.1 Å². The van der Waals surface area contributed by atoms with Gasteiger partial charge in [-0.2, -0.15) is 0 Å². The van der Waals surface area contributed by atoms with E-state index >= 15 is 0 Å². The van der Waals surface area contributed by atoms with Gasteiger partial charge in [0.05, 0.1) is 10.8 Å². The second-order valence-electron chi connectivity index (χ2n) is 5.99. The number of amides is 1. The summed E-state index contributed by atoms with van der Waals surface area (Å²) in [6.07, 6.45) is 6.36. The van der Waals surface area contributed by atoms with Crippen LogP contribution in [0.2, 0.25) is 0 Å². The smallest absolute Gasteiger partial charge is 0.287 e. The molecular weight excluding hydrogens is 322 g/mol. The van der Waals surface area contributed by atoms with Gasteiger partial charge in [-0.3, -0.25) is 19.9 Å². The molecule has 25 heavy (non-hydrogen) atoms. The third-order valence-electron chi connectivity index (χ3n) is 4.28. The third kappa shape index (κ3) is 4.28. The zero-order chi connectivity index (χ0) is 17.6. The number of piperidine rings is 1. The Kier molecular flexibility index (Phi) is 5.17. The van der Waals surface area contributed by atoms with Gasteiger partial charge in [-0.15, -0.1) is 0 Å². The van der Waals surface area contributed by atoms with E-state index in [0.717, 1.165) is 24.9 Å². The lowest BCUT2D eigenvalue weighted by Gasteiger charge is -2.32. The normalized spacial score (nSPS) is 17.1. The Hall–Kier alpha value is -3.03. The fraction of sp³-hybridized carbons (Fsp3) is 0.353. The summed E-state index contributed by atoms with van der Waals surface area (Å²) < 4.78 is 0. The summed E-state index contributed by atoms with van der Waals surface area (Å²) in [5.74, 6) is 0.563. The number of anilines is 1. The lowest BCUT2D eigenvalue weighted by molar-refractivity contribution is -0.385. The first-order chi connectivity index (χ1) is 12.1. The van der Waals surface area contributed by atoms with E-state index in [2.05, 4.69) is 15.3 Å². The summed E-state index contributed by atoms with van der Waals surface area (Å²) in [7, 11) is 0. The van der Waals surface area contributed by atoms with Crippen molar-refractivity contribution in [3.05, 3.63) is 58.5 Å². The molecule has 1 unspecified atom stereocenters. The van der Waals surface area contributed by atoms with E-state index in [-0.39, 0.29) is 17.5 Å². The van der Waals surface area contributed by atoms with Crippen LogP contribution in [0.1, 0.15) is 18.4 Å². The maximum Gasteiger partial charge on any atom is 0.287 e. The Morgan fingerprint density at radius 1 is 1.32 bits per heavy atom. The summed E-state index contributed by atoms with van der Waals surface area (Å²) in [6, 6.07) is 6.81. The van der Waals surface area contributed by atoms with Crippen LogP contribution in [0, 0.1) is 16.0 Å². The molecular formula is C17H19N5O3. The van der Waals surface area contributed by atoms with Crippen molar-refractivity contribution in [3.63, 3.8) is 0 Å². The highest BCUT2D eigenvalue weighted by Gasteiger charge is 2.26. The molecule has 1 amide bonds. The molecule has 1 aliphatic rings. The minimum Gasteiger partial charge on any atom is -0.356 e. The molecule has 2 aromatic rings. The van der Waals surface area contributed by atoms with Crippen molar-refractivity contribution in [1.82, 2.24) is 15.3 Å². The molecule has 0 radical (unpaired) electrons. The van der Waals surface area contributed by atoms with E-state index in [0.29, 0.717) is 18.9 Å². The number of hydrogen-bond donors (Lipinski definition) is 1. The number of carbonyl (C=O) groups excluding carboxylic acids is 1. The van der Waals surface area contributed by atoms with Crippen molar-refractivity contribution in [2.24, 2.45) is 5.92 Å². The third-order valence-corrected chi connectivity index (χ3v) is 4.28. The zero-order valence-corrected chi connectivity index (χ0v) is 13.7. The maximum atomic E-state index is 12.4. The molecule has 2 aromatic heterocycles. The van der Waals surface area contributed by atoms with Crippen LogP contribution >= 0.6 is 0 Å². The first kappa shape index (κ1) is 16.8. The Labute approximate surface area is 145 Å². The first-order valence-corrected chi connectivity index (χ1v) is 8.15. The Bertz CT molecular complexity index is 736. The molecule has 1 saturated heterocycles. The second-order valence-corrected chi connectivity index (χ2v) is 5.99. The molecule has 1 fully saturated rings. The van der Waals surface area contributed by atoms with Crippen molar-refractivity contribution < 1.29 is 9.72 Å². The Balaban J connectivity index is 1.58. The number of hydrogen-bond acceptors (Lipinski definition) is 6. The molecule has 0 saturated carbocycles. The summed E-state index contributed by atoms with van der Waals surface area (Å²) in [4.78, 5) is 32.8. The fourth-order valence-corrected chi connectivity index (χ4v) is 2.91. The predicted molar refractivity (Wildman–Crippen MR) is 91.9 cm³/mol. The predicted octanol–water partition coefficient (Wildman–Crippen LogP) is 1.92. The highest BCUT2D eigenvalue weighted by Crippen LogP contribution is 2.23. The fourth-order valence-electron chi connectivity index (χ4n) is 2.91. The van der Waals surface area contributed by atoms with Crippen molar-refractivity contribution >= 4 is 17.4 Å². The average Bonchev–Trinajstić information content (AvgIpc) is 2.67. The summed E-state index contributed by atoms with van der Waals surface area (Å²) in [5, 5.41) is 13.7. The summed E-state index contributed by atoms with van der Waals surface area (Å²) in [6.45, 7) is 1.83. The van der Waals surface area contributed by atoms with Crippen molar-refractivity contribution in [2.75, 3.05) is 18.0 Å². The van der Waals surface area contributed by atoms with E-state index in [1.54, 1.807) is 18.5 Å².